The van der Waals surface area contributed by atoms with Gasteiger partial charge in [0.25, 0.3) is 5.88 Å². The fourth-order valence-corrected chi connectivity index (χ4v) is 3.49. The normalized spacial score (nSPS) is 11.3. The summed E-state index contributed by atoms with van der Waals surface area (Å²) in [5, 5.41) is 6.05. The largest absolute Gasteiger partial charge is 0.475 e. The first-order valence-electron chi connectivity index (χ1n) is 9.02. The topological polar surface area (TPSA) is 96.7 Å². The number of hydrogen-bond acceptors (Lipinski definition) is 6. The summed E-state index contributed by atoms with van der Waals surface area (Å²) >= 11 is 12.1. The minimum atomic E-state index is 0.184. The van der Waals surface area contributed by atoms with Gasteiger partial charge in [0.2, 0.25) is 5.28 Å². The molecule has 0 spiro atoms. The first-order chi connectivity index (χ1) is 14.0. The summed E-state index contributed by atoms with van der Waals surface area (Å²) in [6.45, 7) is 4.91. The van der Waals surface area contributed by atoms with Crippen molar-refractivity contribution in [1.29, 1.82) is 0 Å². The summed E-state index contributed by atoms with van der Waals surface area (Å²) in [4.78, 5) is 12.5. The Hall–Kier alpha value is -2.84. The summed E-state index contributed by atoms with van der Waals surface area (Å²) in [5.74, 6) is 0.409. The second-order valence-corrected chi connectivity index (χ2v) is 7.32. The average molecular weight is 432 g/mol. The zero-order chi connectivity index (χ0) is 20.5. The molecule has 0 radical (unpaired) electrons. The quantitative estimate of drug-likeness (QED) is 0.366. The molecule has 0 unspecified atom stereocenters. The molecular weight excluding hydrogens is 413 g/mol. The van der Waals surface area contributed by atoms with Gasteiger partial charge in [0.15, 0.2) is 0 Å². The first kappa shape index (κ1) is 19.5. The highest BCUT2D eigenvalue weighted by molar-refractivity contribution is 6.35. The number of fused-ring (bicyclic) bond motifs is 1. The number of hydrogen-bond donors (Lipinski definition) is 1. The van der Waals surface area contributed by atoms with Crippen molar-refractivity contribution in [3.05, 3.63) is 52.4 Å². The highest BCUT2D eigenvalue weighted by Crippen LogP contribution is 2.28. The van der Waals surface area contributed by atoms with Crippen molar-refractivity contribution in [2.24, 2.45) is 0 Å². The van der Waals surface area contributed by atoms with Crippen LogP contribution in [0, 0.1) is 13.8 Å². The molecule has 0 amide bonds. The zero-order valence-corrected chi connectivity index (χ0v) is 17.4. The molecule has 0 aromatic carbocycles. The van der Waals surface area contributed by atoms with E-state index in [4.69, 9.17) is 33.7 Å². The molecular formula is C19H19Cl2N7O. The number of ether oxygens (including phenoxy) is 1. The van der Waals surface area contributed by atoms with E-state index >= 15 is 0 Å². The van der Waals surface area contributed by atoms with Gasteiger partial charge in [-0.2, -0.15) is 4.98 Å². The average Bonchev–Trinajstić information content (AvgIpc) is 3.16. The van der Waals surface area contributed by atoms with E-state index in [-0.39, 0.29) is 5.28 Å². The summed E-state index contributed by atoms with van der Waals surface area (Å²) in [6, 6.07) is 3.81. The maximum atomic E-state index is 6.24. The number of rotatable bonds is 6. The third kappa shape index (κ3) is 3.73. The van der Waals surface area contributed by atoms with Crippen molar-refractivity contribution in [3.8, 4) is 11.6 Å². The Morgan fingerprint density at radius 2 is 2.03 bits per heavy atom. The Labute approximate surface area is 177 Å². The predicted octanol–water partition coefficient (Wildman–Crippen LogP) is 3.99. The van der Waals surface area contributed by atoms with Crippen LogP contribution in [0.4, 0.5) is 5.69 Å². The Bertz CT molecular complexity index is 1180. The van der Waals surface area contributed by atoms with E-state index < -0.39 is 0 Å². The van der Waals surface area contributed by atoms with Gasteiger partial charge in [-0.25, -0.2) is 9.67 Å². The maximum absolute atomic E-state index is 6.24. The van der Waals surface area contributed by atoms with Crippen molar-refractivity contribution < 1.29 is 4.74 Å². The standard InChI is InChI=1S/C19H19Cl2N7O/c1-11-15(5-3-6-23-11)28-12(2)16(22)18(26-28)29-8-4-7-27-10-14(20)13-9-24-19(21)25-17(13)27/h3,5-6,9-10H,4,7-8,22H2,1-2H3. The van der Waals surface area contributed by atoms with Gasteiger partial charge in [0.1, 0.15) is 11.3 Å². The van der Waals surface area contributed by atoms with E-state index in [0.717, 1.165) is 22.5 Å². The number of aromatic nitrogens is 6. The Morgan fingerprint density at radius 1 is 1.21 bits per heavy atom. The van der Waals surface area contributed by atoms with Gasteiger partial charge in [0, 0.05) is 25.1 Å². The highest BCUT2D eigenvalue weighted by atomic mass is 35.5. The number of pyridine rings is 1. The van der Waals surface area contributed by atoms with Crippen molar-refractivity contribution in [3.63, 3.8) is 0 Å². The molecule has 2 N–H and O–H groups in total. The highest BCUT2D eigenvalue weighted by Gasteiger charge is 2.16. The summed E-state index contributed by atoms with van der Waals surface area (Å²) in [6.07, 6.45) is 5.89. The van der Waals surface area contributed by atoms with E-state index in [0.29, 0.717) is 41.8 Å². The summed E-state index contributed by atoms with van der Waals surface area (Å²) in [7, 11) is 0. The lowest BCUT2D eigenvalue weighted by molar-refractivity contribution is 0.291. The minimum absolute atomic E-state index is 0.184. The van der Waals surface area contributed by atoms with Crippen LogP contribution in [0.3, 0.4) is 0 Å². The Morgan fingerprint density at radius 3 is 2.83 bits per heavy atom. The number of nitrogens with zero attached hydrogens (tertiary/aromatic N) is 6. The van der Waals surface area contributed by atoms with E-state index in [1.54, 1.807) is 17.1 Å². The SMILES string of the molecule is Cc1ncccc1-n1nc(OCCCn2cc(Cl)c3cnc(Cl)nc32)c(N)c1C. The van der Waals surface area contributed by atoms with Crippen LogP contribution in [0.1, 0.15) is 17.8 Å². The molecule has 0 aliphatic rings. The second kappa shape index (κ2) is 7.88. The molecule has 4 aromatic heterocycles. The molecule has 0 bridgehead atoms. The number of nitrogens with two attached hydrogens (primary N) is 1. The molecule has 0 saturated carbocycles. The predicted molar refractivity (Wildman–Crippen MR) is 113 cm³/mol. The van der Waals surface area contributed by atoms with E-state index in [1.807, 2.05) is 36.7 Å². The van der Waals surface area contributed by atoms with Crippen LogP contribution in [0.2, 0.25) is 10.3 Å². The van der Waals surface area contributed by atoms with Gasteiger partial charge in [-0.05, 0) is 44.0 Å². The lowest BCUT2D eigenvalue weighted by Gasteiger charge is -2.06. The zero-order valence-electron chi connectivity index (χ0n) is 15.9. The number of aryl methyl sites for hydroxylation is 2. The lowest BCUT2D eigenvalue weighted by atomic mass is 10.3. The van der Waals surface area contributed by atoms with Crippen LogP contribution < -0.4 is 10.5 Å². The van der Waals surface area contributed by atoms with Crippen molar-refractivity contribution >= 4 is 39.9 Å². The summed E-state index contributed by atoms with van der Waals surface area (Å²) < 4.78 is 9.53. The van der Waals surface area contributed by atoms with Crippen molar-refractivity contribution in [2.75, 3.05) is 12.3 Å². The number of halogens is 2. The molecule has 4 aromatic rings. The fourth-order valence-electron chi connectivity index (χ4n) is 3.11. The van der Waals surface area contributed by atoms with Gasteiger partial charge in [-0.1, -0.05) is 11.6 Å². The molecule has 0 atom stereocenters. The second-order valence-electron chi connectivity index (χ2n) is 6.57. The minimum Gasteiger partial charge on any atom is -0.475 e. The Kier molecular flexibility index (Phi) is 5.29. The molecule has 4 rings (SSSR count). The van der Waals surface area contributed by atoms with Crippen molar-refractivity contribution in [1.82, 2.24) is 29.3 Å². The molecule has 0 saturated heterocycles. The molecule has 8 nitrogen and oxygen atoms in total. The Balaban J connectivity index is 1.45. The van der Waals surface area contributed by atoms with Crippen LogP contribution in [0.5, 0.6) is 5.88 Å². The van der Waals surface area contributed by atoms with E-state index in [1.165, 1.54) is 0 Å². The van der Waals surface area contributed by atoms with Gasteiger partial charge >= 0.3 is 0 Å². The molecule has 10 heteroatoms. The van der Waals surface area contributed by atoms with E-state index in [9.17, 15) is 0 Å². The smallest absolute Gasteiger partial charge is 0.257 e. The van der Waals surface area contributed by atoms with Gasteiger partial charge in [-0.3, -0.25) is 4.98 Å². The lowest BCUT2D eigenvalue weighted by Crippen LogP contribution is -2.06. The van der Waals surface area contributed by atoms with Crippen LogP contribution in [-0.4, -0.2) is 35.9 Å². The number of anilines is 1. The number of nitrogen functional groups attached to an aromatic ring is 1. The molecule has 0 fully saturated rings. The van der Waals surface area contributed by atoms with Gasteiger partial charge in [0.05, 0.1) is 34.1 Å². The molecule has 0 aliphatic heterocycles. The molecule has 0 aliphatic carbocycles. The van der Waals surface area contributed by atoms with Gasteiger partial charge < -0.3 is 15.0 Å². The van der Waals surface area contributed by atoms with Gasteiger partial charge in [-0.15, -0.1) is 5.10 Å². The first-order valence-corrected chi connectivity index (χ1v) is 9.78. The van der Waals surface area contributed by atoms with Crippen LogP contribution >= 0.6 is 23.2 Å². The molecule has 150 valence electrons. The van der Waals surface area contributed by atoms with Crippen LogP contribution in [0.15, 0.2) is 30.7 Å². The third-order valence-electron chi connectivity index (χ3n) is 4.66. The maximum Gasteiger partial charge on any atom is 0.257 e. The third-order valence-corrected chi connectivity index (χ3v) is 5.14. The van der Waals surface area contributed by atoms with Crippen LogP contribution in [-0.2, 0) is 6.54 Å². The fraction of sp³-hybridized carbons (Fsp3) is 0.263. The van der Waals surface area contributed by atoms with Crippen molar-refractivity contribution in [2.45, 2.75) is 26.8 Å². The van der Waals surface area contributed by atoms with Crippen LogP contribution in [0.25, 0.3) is 16.7 Å². The van der Waals surface area contributed by atoms with E-state index in [2.05, 4.69) is 20.1 Å². The summed E-state index contributed by atoms with van der Waals surface area (Å²) in [5.41, 5.74) is 9.95. The molecule has 29 heavy (non-hydrogen) atoms. The monoisotopic (exact) mass is 431 g/mol. The molecule has 4 heterocycles.